The largest absolute Gasteiger partial charge is 0.303 e. The van der Waals surface area contributed by atoms with Gasteiger partial charge in [0.1, 0.15) is 0 Å². The van der Waals surface area contributed by atoms with Crippen LogP contribution in [0.3, 0.4) is 0 Å². The molecule has 0 saturated carbocycles. The average Bonchev–Trinajstić information content (AvgIpc) is 2.49. The number of nitrogens with zero attached hydrogens (tertiary/aromatic N) is 2. The Morgan fingerprint density at radius 3 is 1.57 bits per heavy atom. The van der Waals surface area contributed by atoms with Gasteiger partial charge in [-0.15, -0.1) is 0 Å². The molecule has 0 radical (unpaired) electrons. The predicted octanol–water partition coefficient (Wildman–Crippen LogP) is -2.71. The topological polar surface area (TPSA) is 78.7 Å². The van der Waals surface area contributed by atoms with E-state index in [0.717, 1.165) is 72.6 Å². The zero-order valence-corrected chi connectivity index (χ0v) is 13.2. The van der Waals surface area contributed by atoms with Gasteiger partial charge in [0.15, 0.2) is 0 Å². The maximum atomic E-state index is 3.58. The summed E-state index contributed by atoms with van der Waals surface area (Å²) in [6, 6.07) is 0. The van der Waals surface area contributed by atoms with E-state index in [0.29, 0.717) is 6.17 Å². The molecule has 2 bridgehead atoms. The van der Waals surface area contributed by atoms with Gasteiger partial charge in [-0.25, -0.2) is 0 Å². The van der Waals surface area contributed by atoms with Gasteiger partial charge in [-0.2, -0.15) is 0 Å². The van der Waals surface area contributed by atoms with Gasteiger partial charge in [0.2, 0.25) is 0 Å². The van der Waals surface area contributed by atoms with Crippen molar-refractivity contribution in [2.45, 2.75) is 13.1 Å². The van der Waals surface area contributed by atoms with Gasteiger partial charge in [0, 0.05) is 39.3 Å². The maximum absolute atomic E-state index is 3.58. The molecule has 6 N–H and O–H groups in total. The molecule has 0 aromatic carbocycles. The van der Waals surface area contributed by atoms with E-state index in [2.05, 4.69) is 48.6 Å². The van der Waals surface area contributed by atoms with E-state index in [1.54, 1.807) is 0 Å². The van der Waals surface area contributed by atoms with Crippen LogP contribution in [-0.4, -0.2) is 88.6 Å². The SMILES string of the molecule is CC1NCCNC[N@]2CNCCNC[N@@]1CNCCNC2. The van der Waals surface area contributed by atoms with Crippen LogP contribution in [0.5, 0.6) is 0 Å². The third kappa shape index (κ3) is 6.98. The molecule has 0 aromatic heterocycles. The zero-order chi connectivity index (χ0) is 14.8. The first-order valence-electron chi connectivity index (χ1n) is 8.09. The Morgan fingerprint density at radius 1 is 0.619 bits per heavy atom. The summed E-state index contributed by atoms with van der Waals surface area (Å²) in [6.07, 6.45) is 0.356. The first-order chi connectivity index (χ1) is 10.4. The summed E-state index contributed by atoms with van der Waals surface area (Å²) < 4.78 is 0. The van der Waals surface area contributed by atoms with Gasteiger partial charge in [-0.1, -0.05) is 0 Å². The molecule has 3 rings (SSSR count). The minimum absolute atomic E-state index is 0.356. The molecule has 3 heterocycles. The summed E-state index contributed by atoms with van der Waals surface area (Å²) in [5.74, 6) is 0. The summed E-state index contributed by atoms with van der Waals surface area (Å²) in [5, 5.41) is 21.1. The monoisotopic (exact) mass is 300 g/mol. The molecular weight excluding hydrogens is 268 g/mol. The van der Waals surface area contributed by atoms with Crippen molar-refractivity contribution in [3.63, 3.8) is 0 Å². The van der Waals surface area contributed by atoms with Crippen LogP contribution in [0, 0.1) is 0 Å². The fourth-order valence-electron chi connectivity index (χ4n) is 2.51. The molecule has 0 aliphatic carbocycles. The van der Waals surface area contributed by atoms with Crippen molar-refractivity contribution in [3.8, 4) is 0 Å². The lowest BCUT2D eigenvalue weighted by Crippen LogP contribution is -2.55. The van der Waals surface area contributed by atoms with Gasteiger partial charge in [-0.3, -0.25) is 9.80 Å². The highest BCUT2D eigenvalue weighted by molar-refractivity contribution is 4.68. The summed E-state index contributed by atoms with van der Waals surface area (Å²) in [7, 11) is 0. The van der Waals surface area contributed by atoms with Crippen molar-refractivity contribution in [1.82, 2.24) is 41.7 Å². The summed E-state index contributed by atoms with van der Waals surface area (Å²) in [4.78, 5) is 4.75. The highest BCUT2D eigenvalue weighted by atomic mass is 15.4. The Kier molecular flexibility index (Phi) is 8.45. The Bertz CT molecular complexity index is 245. The molecule has 8 nitrogen and oxygen atoms in total. The van der Waals surface area contributed by atoms with E-state index in [-0.39, 0.29) is 0 Å². The predicted molar refractivity (Wildman–Crippen MR) is 85.5 cm³/mol. The third-order valence-corrected chi connectivity index (χ3v) is 3.88. The molecule has 21 heavy (non-hydrogen) atoms. The van der Waals surface area contributed by atoms with Crippen LogP contribution >= 0.6 is 0 Å². The maximum Gasteiger partial charge on any atom is 0.0591 e. The summed E-state index contributed by atoms with van der Waals surface area (Å²) in [6.45, 7) is 12.6. The summed E-state index contributed by atoms with van der Waals surface area (Å²) >= 11 is 0. The van der Waals surface area contributed by atoms with Crippen LogP contribution in [0.15, 0.2) is 0 Å². The Balaban J connectivity index is 1.95. The van der Waals surface area contributed by atoms with Crippen LogP contribution in [0.1, 0.15) is 6.92 Å². The smallest absolute Gasteiger partial charge is 0.0591 e. The second-order valence-corrected chi connectivity index (χ2v) is 5.68. The molecule has 3 fully saturated rings. The fraction of sp³-hybridized carbons (Fsp3) is 1.00. The number of hydrogen-bond acceptors (Lipinski definition) is 8. The van der Waals surface area contributed by atoms with Crippen molar-refractivity contribution in [3.05, 3.63) is 0 Å². The Labute approximate surface area is 128 Å². The van der Waals surface area contributed by atoms with Gasteiger partial charge >= 0.3 is 0 Å². The molecule has 0 aromatic rings. The highest BCUT2D eigenvalue weighted by Gasteiger charge is 2.13. The Hall–Kier alpha value is -0.320. The van der Waals surface area contributed by atoms with Crippen LogP contribution in [0.25, 0.3) is 0 Å². The number of hydrogen-bond donors (Lipinski definition) is 6. The highest BCUT2D eigenvalue weighted by Crippen LogP contribution is 1.92. The van der Waals surface area contributed by atoms with E-state index in [1.807, 2.05) is 0 Å². The second kappa shape index (κ2) is 10.4. The van der Waals surface area contributed by atoms with E-state index < -0.39 is 0 Å². The van der Waals surface area contributed by atoms with E-state index in [4.69, 9.17) is 0 Å². The molecular formula is C13H32N8. The zero-order valence-electron chi connectivity index (χ0n) is 13.2. The number of fused-ring (bicyclic) bond motifs is 15. The molecule has 0 amide bonds. The summed E-state index contributed by atoms with van der Waals surface area (Å²) in [5.41, 5.74) is 0. The first kappa shape index (κ1) is 17.0. The normalized spacial score (nSPS) is 35.0. The lowest BCUT2D eigenvalue weighted by molar-refractivity contribution is 0.145. The van der Waals surface area contributed by atoms with Crippen LogP contribution in [0.2, 0.25) is 0 Å². The van der Waals surface area contributed by atoms with Crippen molar-refractivity contribution < 1.29 is 0 Å². The standard InChI is InChI=1S/C13H32N8/c1-13-19-7-6-16-10-20-8-14-2-4-17-11-21(13)12-18-5-3-15-9-20/h13-19H,2-12H2,1H3. The van der Waals surface area contributed by atoms with Gasteiger partial charge in [0.05, 0.1) is 39.5 Å². The molecule has 124 valence electrons. The van der Waals surface area contributed by atoms with E-state index in [1.165, 1.54) is 0 Å². The quantitative estimate of drug-likeness (QED) is 0.288. The minimum Gasteiger partial charge on any atom is -0.303 e. The Morgan fingerprint density at radius 2 is 1.05 bits per heavy atom. The van der Waals surface area contributed by atoms with Crippen LogP contribution in [0.4, 0.5) is 0 Å². The molecule has 1 unspecified atom stereocenters. The van der Waals surface area contributed by atoms with Gasteiger partial charge in [-0.05, 0) is 6.92 Å². The minimum atomic E-state index is 0.356. The molecule has 3 aliphatic heterocycles. The molecule has 3 aliphatic rings. The van der Waals surface area contributed by atoms with E-state index >= 15 is 0 Å². The van der Waals surface area contributed by atoms with Crippen molar-refractivity contribution in [2.24, 2.45) is 0 Å². The molecule has 0 spiro atoms. The van der Waals surface area contributed by atoms with E-state index in [9.17, 15) is 0 Å². The van der Waals surface area contributed by atoms with Crippen molar-refractivity contribution in [2.75, 3.05) is 72.6 Å². The lowest BCUT2D eigenvalue weighted by Gasteiger charge is -2.32. The number of rotatable bonds is 0. The average molecular weight is 300 g/mol. The van der Waals surface area contributed by atoms with Crippen LogP contribution < -0.4 is 31.9 Å². The van der Waals surface area contributed by atoms with Gasteiger partial charge in [0.25, 0.3) is 0 Å². The van der Waals surface area contributed by atoms with Crippen molar-refractivity contribution >= 4 is 0 Å². The van der Waals surface area contributed by atoms with Gasteiger partial charge < -0.3 is 31.9 Å². The van der Waals surface area contributed by atoms with Crippen molar-refractivity contribution in [1.29, 1.82) is 0 Å². The number of nitrogens with one attached hydrogen (secondary N) is 6. The fourth-order valence-corrected chi connectivity index (χ4v) is 2.51. The molecule has 1 atom stereocenters. The first-order valence-corrected chi connectivity index (χ1v) is 8.09. The molecule has 3 saturated heterocycles. The molecule has 8 heteroatoms. The van der Waals surface area contributed by atoms with Crippen LogP contribution in [-0.2, 0) is 0 Å². The third-order valence-electron chi connectivity index (χ3n) is 3.88. The lowest BCUT2D eigenvalue weighted by atomic mass is 10.4. The second-order valence-electron chi connectivity index (χ2n) is 5.68.